The number of amides is 1. The van der Waals surface area contributed by atoms with Gasteiger partial charge in [-0.1, -0.05) is 0 Å². The fraction of sp³-hybridized carbons (Fsp3) is 0.889. The highest BCUT2D eigenvalue weighted by atomic mass is 16.4. The Labute approximate surface area is 168 Å². The van der Waals surface area contributed by atoms with Gasteiger partial charge in [0, 0.05) is 70.7 Å². The number of aliphatic carboxylic acids is 1. The molecular formula is C18H39N7O3. The van der Waals surface area contributed by atoms with Crippen LogP contribution in [0.25, 0.3) is 0 Å². The van der Waals surface area contributed by atoms with Crippen LogP contribution in [0.4, 0.5) is 0 Å². The molecule has 10 heteroatoms. The highest BCUT2D eigenvalue weighted by molar-refractivity contribution is 5.77. The summed E-state index contributed by atoms with van der Waals surface area (Å²) in [5.74, 6) is -1.04. The second-order valence-electron chi connectivity index (χ2n) is 8.09. The lowest BCUT2D eigenvalue weighted by Crippen LogP contribution is -2.70. The van der Waals surface area contributed by atoms with Crippen molar-refractivity contribution < 1.29 is 14.7 Å². The van der Waals surface area contributed by atoms with E-state index < -0.39 is 11.6 Å². The maximum Gasteiger partial charge on any atom is 0.303 e. The van der Waals surface area contributed by atoms with E-state index in [9.17, 15) is 9.59 Å². The zero-order valence-corrected chi connectivity index (χ0v) is 17.6. The topological polar surface area (TPSA) is 144 Å². The van der Waals surface area contributed by atoms with Crippen LogP contribution in [0.5, 0.6) is 0 Å². The van der Waals surface area contributed by atoms with Crippen molar-refractivity contribution in [1.82, 2.24) is 31.5 Å². The van der Waals surface area contributed by atoms with Crippen molar-refractivity contribution in [3.8, 4) is 0 Å². The molecule has 1 aliphatic heterocycles. The summed E-state index contributed by atoms with van der Waals surface area (Å²) < 4.78 is 0. The molecule has 0 aromatic carbocycles. The molecule has 8 N–H and O–H groups in total. The second kappa shape index (κ2) is 12.3. The van der Waals surface area contributed by atoms with Crippen LogP contribution in [0.3, 0.4) is 0 Å². The lowest BCUT2D eigenvalue weighted by atomic mass is 10.0. The first-order valence-electron chi connectivity index (χ1n) is 9.99. The molecule has 0 saturated carbocycles. The Morgan fingerprint density at radius 2 is 1.71 bits per heavy atom. The van der Waals surface area contributed by atoms with Gasteiger partial charge in [-0.25, -0.2) is 0 Å². The highest BCUT2D eigenvalue weighted by Crippen LogP contribution is 2.05. The Balaban J connectivity index is 2.79. The average molecular weight is 402 g/mol. The molecule has 2 atom stereocenters. The van der Waals surface area contributed by atoms with E-state index in [0.717, 1.165) is 19.6 Å². The van der Waals surface area contributed by atoms with Crippen molar-refractivity contribution >= 4 is 11.9 Å². The largest absolute Gasteiger partial charge is 0.481 e. The molecule has 0 radical (unpaired) electrons. The quantitative estimate of drug-likeness (QED) is 0.239. The summed E-state index contributed by atoms with van der Waals surface area (Å²) in [4.78, 5) is 25.2. The third-order valence-corrected chi connectivity index (χ3v) is 4.77. The molecule has 0 bridgehead atoms. The van der Waals surface area contributed by atoms with Crippen molar-refractivity contribution in [2.24, 2.45) is 5.73 Å². The number of carboxylic acids is 1. The molecular weight excluding hydrogens is 362 g/mol. The third kappa shape index (κ3) is 9.76. The normalized spacial score (nSPS) is 27.6. The van der Waals surface area contributed by atoms with E-state index in [4.69, 9.17) is 10.8 Å². The molecule has 0 spiro atoms. The monoisotopic (exact) mass is 401 g/mol. The zero-order valence-electron chi connectivity index (χ0n) is 17.6. The Morgan fingerprint density at radius 1 is 1.07 bits per heavy atom. The number of carbonyl (C=O) groups excluding carboxylic acids is 1. The van der Waals surface area contributed by atoms with Gasteiger partial charge in [0.05, 0.1) is 0 Å². The zero-order chi connectivity index (χ0) is 21.0. The summed E-state index contributed by atoms with van der Waals surface area (Å²) in [6, 6.07) is 0. The predicted molar refractivity (Wildman–Crippen MR) is 110 cm³/mol. The minimum absolute atomic E-state index is 0.00690. The van der Waals surface area contributed by atoms with Gasteiger partial charge < -0.3 is 37.0 Å². The number of hydrogen-bond acceptors (Lipinski definition) is 8. The van der Waals surface area contributed by atoms with Crippen molar-refractivity contribution in [2.75, 3.05) is 66.5 Å². The fourth-order valence-corrected chi connectivity index (χ4v) is 3.29. The van der Waals surface area contributed by atoms with E-state index in [2.05, 4.69) is 33.5 Å². The molecule has 1 saturated heterocycles. The van der Waals surface area contributed by atoms with E-state index in [1.165, 1.54) is 0 Å². The van der Waals surface area contributed by atoms with Gasteiger partial charge >= 0.3 is 5.97 Å². The molecule has 0 aromatic rings. The van der Waals surface area contributed by atoms with Crippen LogP contribution in [0, 0.1) is 0 Å². The van der Waals surface area contributed by atoms with Crippen molar-refractivity contribution in [2.45, 2.75) is 37.4 Å². The summed E-state index contributed by atoms with van der Waals surface area (Å²) in [7, 11) is 3.92. The van der Waals surface area contributed by atoms with Crippen LogP contribution >= 0.6 is 0 Å². The average Bonchev–Trinajstić information content (AvgIpc) is 2.60. The van der Waals surface area contributed by atoms with Crippen LogP contribution < -0.4 is 32.3 Å². The van der Waals surface area contributed by atoms with Crippen LogP contribution in [0.15, 0.2) is 0 Å². The van der Waals surface area contributed by atoms with Gasteiger partial charge in [0.1, 0.15) is 5.66 Å². The van der Waals surface area contributed by atoms with Gasteiger partial charge in [-0.05, 0) is 27.4 Å². The number of nitrogens with zero attached hydrogens (tertiary/aromatic N) is 1. The minimum atomic E-state index is -0.886. The van der Waals surface area contributed by atoms with Crippen molar-refractivity contribution in [1.29, 1.82) is 0 Å². The lowest BCUT2D eigenvalue weighted by molar-refractivity contribution is -0.137. The number of hydrogen-bond donors (Lipinski definition) is 7. The highest BCUT2D eigenvalue weighted by Gasteiger charge is 2.32. The smallest absolute Gasteiger partial charge is 0.303 e. The standard InChI is InChI=1S/C18H39N7O3/c1-17(11-19)12-20-7-8-21-13-18(14-25(2)3,23-10-9-22-17)24-15(26)5-4-6-16(27)28/h20-23H,4-14,19H2,1-3H3,(H,24,26)(H,27,28)/t17-,18+/m1/s1. The molecule has 0 unspecified atom stereocenters. The van der Waals surface area contributed by atoms with E-state index in [1.807, 2.05) is 19.0 Å². The number of carboxylic acid groups (broad SMARTS) is 1. The predicted octanol–water partition coefficient (Wildman–Crippen LogP) is -2.30. The summed E-state index contributed by atoms with van der Waals surface area (Å²) >= 11 is 0. The maximum absolute atomic E-state index is 12.5. The molecule has 1 fully saturated rings. The summed E-state index contributed by atoms with van der Waals surface area (Å²) in [5.41, 5.74) is 5.09. The molecule has 164 valence electrons. The first-order valence-corrected chi connectivity index (χ1v) is 9.99. The SMILES string of the molecule is CN(C)C[C@@]1(NC(=O)CCCC(=O)O)CNCCNC[C@@](C)(CN)NCCN1. The molecule has 0 aliphatic carbocycles. The molecule has 1 amide bonds. The molecule has 0 aromatic heterocycles. The molecule has 1 rings (SSSR count). The number of rotatable bonds is 8. The number of carbonyl (C=O) groups is 2. The molecule has 1 heterocycles. The molecule has 10 nitrogen and oxygen atoms in total. The van der Waals surface area contributed by atoms with Gasteiger partial charge in [-0.2, -0.15) is 0 Å². The van der Waals surface area contributed by atoms with E-state index >= 15 is 0 Å². The van der Waals surface area contributed by atoms with Gasteiger partial charge in [0.15, 0.2) is 0 Å². The third-order valence-electron chi connectivity index (χ3n) is 4.77. The van der Waals surface area contributed by atoms with Crippen molar-refractivity contribution in [3.63, 3.8) is 0 Å². The molecule has 1 aliphatic rings. The Kier molecular flexibility index (Phi) is 10.9. The summed E-state index contributed by atoms with van der Waals surface area (Å²) in [6.45, 7) is 7.48. The van der Waals surface area contributed by atoms with Crippen LogP contribution in [-0.4, -0.2) is 99.5 Å². The summed E-state index contributed by atoms with van der Waals surface area (Å²) in [5, 5.41) is 25.7. The van der Waals surface area contributed by atoms with Crippen LogP contribution in [0.1, 0.15) is 26.2 Å². The number of nitrogens with one attached hydrogen (secondary N) is 5. The summed E-state index contributed by atoms with van der Waals surface area (Å²) in [6.07, 6.45) is 0.508. The first kappa shape index (κ1) is 24.7. The Morgan fingerprint density at radius 3 is 2.32 bits per heavy atom. The van der Waals surface area contributed by atoms with Gasteiger partial charge in [-0.3, -0.25) is 14.9 Å². The molecule has 28 heavy (non-hydrogen) atoms. The van der Waals surface area contributed by atoms with E-state index in [1.54, 1.807) is 0 Å². The lowest BCUT2D eigenvalue weighted by Gasteiger charge is -2.39. The van der Waals surface area contributed by atoms with Gasteiger partial charge in [0.2, 0.25) is 5.91 Å². The van der Waals surface area contributed by atoms with E-state index in [0.29, 0.717) is 39.1 Å². The van der Waals surface area contributed by atoms with E-state index in [-0.39, 0.29) is 24.3 Å². The minimum Gasteiger partial charge on any atom is -0.481 e. The van der Waals surface area contributed by atoms with Crippen molar-refractivity contribution in [3.05, 3.63) is 0 Å². The maximum atomic E-state index is 12.5. The Bertz CT molecular complexity index is 492. The van der Waals surface area contributed by atoms with Crippen LogP contribution in [0.2, 0.25) is 0 Å². The number of nitrogens with two attached hydrogens (primary N) is 1. The van der Waals surface area contributed by atoms with Gasteiger partial charge in [0.25, 0.3) is 0 Å². The second-order valence-corrected chi connectivity index (χ2v) is 8.09. The van der Waals surface area contributed by atoms with Crippen LogP contribution in [-0.2, 0) is 9.59 Å². The first-order chi connectivity index (χ1) is 13.2. The Hall–Kier alpha value is -1.30. The number of likely N-dealkylation sites (N-methyl/N-ethyl adjacent to an activating group) is 1. The van der Waals surface area contributed by atoms with Gasteiger partial charge in [-0.15, -0.1) is 0 Å². The fourth-order valence-electron chi connectivity index (χ4n) is 3.29.